The summed E-state index contributed by atoms with van der Waals surface area (Å²) in [6.45, 7) is 0. The molecule has 0 aromatic heterocycles. The Labute approximate surface area is 433 Å². The zero-order valence-electron chi connectivity index (χ0n) is 40.7. The topological polar surface area (TPSA) is 3.24 Å². The molecule has 2 aliphatic carbocycles. The molecule has 0 heterocycles. The van der Waals surface area contributed by atoms with Gasteiger partial charge in [-0.15, -0.1) is 0 Å². The Morgan fingerprint density at radius 1 is 0.176 bits per heavy atom. The molecular weight excluding hydrogens is 891 g/mol. The van der Waals surface area contributed by atoms with Gasteiger partial charge >= 0.3 is 0 Å². The summed E-state index contributed by atoms with van der Waals surface area (Å²) < 4.78 is 0. The van der Waals surface area contributed by atoms with Crippen LogP contribution in [0.4, 0.5) is 17.1 Å². The first-order valence-electron chi connectivity index (χ1n) is 25.6. The third-order valence-electron chi connectivity index (χ3n) is 15.5. The van der Waals surface area contributed by atoms with Crippen molar-refractivity contribution >= 4 is 17.1 Å². The normalized spacial score (nSPS) is 12.4. The van der Waals surface area contributed by atoms with E-state index in [4.69, 9.17) is 0 Å². The molecule has 0 bridgehead atoms. The van der Waals surface area contributed by atoms with Crippen LogP contribution in [-0.4, -0.2) is 0 Å². The van der Waals surface area contributed by atoms with Crippen molar-refractivity contribution in [1.82, 2.24) is 0 Å². The van der Waals surface area contributed by atoms with E-state index in [0.29, 0.717) is 0 Å². The molecule has 74 heavy (non-hydrogen) atoms. The zero-order valence-corrected chi connectivity index (χ0v) is 40.7. The molecular formula is C73H49N. The Morgan fingerprint density at radius 3 is 0.757 bits per heavy atom. The third kappa shape index (κ3) is 7.24. The van der Waals surface area contributed by atoms with E-state index in [0.717, 1.165) is 28.2 Å². The lowest BCUT2D eigenvalue weighted by Crippen LogP contribution is -2.26. The monoisotopic (exact) mass is 939 g/mol. The van der Waals surface area contributed by atoms with E-state index < -0.39 is 5.41 Å². The lowest BCUT2D eigenvalue weighted by molar-refractivity contribution is 0.793. The van der Waals surface area contributed by atoms with Crippen LogP contribution < -0.4 is 4.90 Å². The Morgan fingerprint density at radius 2 is 0.432 bits per heavy atom. The standard InChI is InChI=1S/C73H49N/c1-5-19-50(20-6-1)56-43-57(51-21-7-2-8-22-51)46-60(45-56)54-33-37-62(38-34-54)74(63-39-35-55(36-40-63)61-47-58(52-23-9-3-10-24-52)44-59(48-61)53-25-11-4-12-26-53)64-41-42-68-67-29-15-18-32-71(67)73(72(68)49-64)69-30-16-13-27-65(69)66-28-14-17-31-70(66)73/h1-49H. The van der Waals surface area contributed by atoms with Crippen molar-refractivity contribution in [3.63, 3.8) is 0 Å². The smallest absolute Gasteiger partial charge is 0.0726 e. The zero-order chi connectivity index (χ0) is 49.0. The van der Waals surface area contributed by atoms with Crippen LogP contribution in [0.2, 0.25) is 0 Å². The van der Waals surface area contributed by atoms with E-state index in [1.807, 2.05) is 0 Å². The predicted octanol–water partition coefficient (Wildman–Crippen LogP) is 19.5. The van der Waals surface area contributed by atoms with Gasteiger partial charge in [-0.05, 0) is 184 Å². The number of anilines is 3. The Bertz CT molecular complexity index is 3680. The summed E-state index contributed by atoms with van der Waals surface area (Å²) in [5.41, 5.74) is 27.6. The molecule has 1 spiro atoms. The second kappa shape index (κ2) is 17.9. The molecule has 0 saturated heterocycles. The Kier molecular flexibility index (Phi) is 10.5. The molecule has 0 aliphatic heterocycles. The minimum atomic E-state index is -0.463. The Hall–Kier alpha value is -9.56. The van der Waals surface area contributed by atoms with Gasteiger partial charge < -0.3 is 4.90 Å². The molecule has 0 N–H and O–H groups in total. The van der Waals surface area contributed by atoms with E-state index in [9.17, 15) is 0 Å². The van der Waals surface area contributed by atoms with Gasteiger partial charge in [0.05, 0.1) is 5.41 Å². The van der Waals surface area contributed by atoms with Crippen molar-refractivity contribution in [2.24, 2.45) is 0 Å². The number of fused-ring (bicyclic) bond motifs is 10. The number of benzene rings is 12. The van der Waals surface area contributed by atoms with Gasteiger partial charge in [0.15, 0.2) is 0 Å². The third-order valence-corrected chi connectivity index (χ3v) is 15.5. The minimum Gasteiger partial charge on any atom is -0.310 e. The molecule has 1 nitrogen and oxygen atoms in total. The van der Waals surface area contributed by atoms with Crippen molar-refractivity contribution in [1.29, 1.82) is 0 Å². The maximum Gasteiger partial charge on any atom is 0.0726 e. The number of nitrogens with zero attached hydrogens (tertiary/aromatic N) is 1. The SMILES string of the molecule is c1ccc(-c2cc(-c3ccccc3)cc(-c3ccc(N(c4ccc(-c5cc(-c6ccccc6)cc(-c6ccccc6)c5)cc4)c4ccc5c(c4)C4(c6ccccc6-c6ccccc64)c4ccccc4-5)cc3)c2)cc1. The molecule has 0 radical (unpaired) electrons. The van der Waals surface area contributed by atoms with E-state index in [2.05, 4.69) is 302 Å². The molecule has 0 unspecified atom stereocenters. The maximum atomic E-state index is 2.49. The van der Waals surface area contributed by atoms with E-state index in [-0.39, 0.29) is 0 Å². The van der Waals surface area contributed by atoms with Gasteiger partial charge in [-0.25, -0.2) is 0 Å². The lowest BCUT2D eigenvalue weighted by atomic mass is 9.70. The van der Waals surface area contributed by atoms with Gasteiger partial charge in [0.25, 0.3) is 0 Å². The average Bonchev–Trinajstić information content (AvgIpc) is 3.95. The molecule has 12 aromatic rings. The van der Waals surface area contributed by atoms with Gasteiger partial charge in [0.1, 0.15) is 0 Å². The molecule has 0 atom stereocenters. The molecule has 14 rings (SSSR count). The first-order valence-corrected chi connectivity index (χ1v) is 25.6. The predicted molar refractivity (Wildman–Crippen MR) is 310 cm³/mol. The fourth-order valence-corrected chi connectivity index (χ4v) is 12.1. The van der Waals surface area contributed by atoms with E-state index >= 15 is 0 Å². The minimum absolute atomic E-state index is 0.463. The maximum absolute atomic E-state index is 2.49. The summed E-state index contributed by atoms with van der Waals surface area (Å²) in [5.74, 6) is 0. The second-order valence-electron chi connectivity index (χ2n) is 19.6. The number of rotatable bonds is 9. The van der Waals surface area contributed by atoms with Gasteiger partial charge in [-0.3, -0.25) is 0 Å². The van der Waals surface area contributed by atoms with Crippen molar-refractivity contribution < 1.29 is 0 Å². The van der Waals surface area contributed by atoms with Crippen molar-refractivity contribution in [2.75, 3.05) is 4.90 Å². The fourth-order valence-electron chi connectivity index (χ4n) is 12.1. The molecule has 0 saturated carbocycles. The van der Waals surface area contributed by atoms with Crippen LogP contribution in [-0.2, 0) is 5.41 Å². The Balaban J connectivity index is 0.931. The van der Waals surface area contributed by atoms with Gasteiger partial charge in [0.2, 0.25) is 0 Å². The highest BCUT2D eigenvalue weighted by Gasteiger charge is 2.51. The summed E-state index contributed by atoms with van der Waals surface area (Å²) in [6, 6.07) is 110. The molecule has 0 amide bonds. The van der Waals surface area contributed by atoms with Crippen molar-refractivity contribution in [2.45, 2.75) is 5.41 Å². The van der Waals surface area contributed by atoms with Crippen molar-refractivity contribution in [3.05, 3.63) is 320 Å². The van der Waals surface area contributed by atoms with Crippen LogP contribution in [0.25, 0.3) is 89.0 Å². The molecule has 2 aliphatic rings. The highest BCUT2D eigenvalue weighted by molar-refractivity contribution is 5.97. The van der Waals surface area contributed by atoms with Gasteiger partial charge in [-0.1, -0.05) is 224 Å². The van der Waals surface area contributed by atoms with E-state index in [1.165, 1.54) is 100 Å². The van der Waals surface area contributed by atoms with Crippen LogP contribution in [0.5, 0.6) is 0 Å². The molecule has 346 valence electrons. The average molecular weight is 940 g/mol. The summed E-state index contributed by atoms with van der Waals surface area (Å²) in [4.78, 5) is 2.45. The molecule has 1 heteroatoms. The van der Waals surface area contributed by atoms with Crippen LogP contribution in [0.15, 0.2) is 297 Å². The van der Waals surface area contributed by atoms with Gasteiger partial charge in [0, 0.05) is 17.1 Å². The molecule has 12 aromatic carbocycles. The molecule has 0 fully saturated rings. The lowest BCUT2D eigenvalue weighted by Gasteiger charge is -2.32. The first kappa shape index (κ1) is 43.2. The van der Waals surface area contributed by atoms with Crippen LogP contribution in [0.3, 0.4) is 0 Å². The quantitative estimate of drug-likeness (QED) is 0.139. The van der Waals surface area contributed by atoms with Gasteiger partial charge in [-0.2, -0.15) is 0 Å². The summed E-state index contributed by atoms with van der Waals surface area (Å²) in [7, 11) is 0. The summed E-state index contributed by atoms with van der Waals surface area (Å²) in [6.07, 6.45) is 0. The summed E-state index contributed by atoms with van der Waals surface area (Å²) in [5, 5.41) is 0. The number of hydrogen-bond acceptors (Lipinski definition) is 1. The highest BCUT2D eigenvalue weighted by atomic mass is 15.1. The largest absolute Gasteiger partial charge is 0.310 e. The number of hydrogen-bond donors (Lipinski definition) is 0. The van der Waals surface area contributed by atoms with Crippen LogP contribution in [0, 0.1) is 0 Å². The van der Waals surface area contributed by atoms with Crippen molar-refractivity contribution in [3.8, 4) is 89.0 Å². The summed E-state index contributed by atoms with van der Waals surface area (Å²) >= 11 is 0. The van der Waals surface area contributed by atoms with Crippen LogP contribution in [0.1, 0.15) is 22.3 Å². The van der Waals surface area contributed by atoms with Crippen LogP contribution >= 0.6 is 0 Å². The fraction of sp³-hybridized carbons (Fsp3) is 0.0137. The highest BCUT2D eigenvalue weighted by Crippen LogP contribution is 2.63. The second-order valence-corrected chi connectivity index (χ2v) is 19.6. The van der Waals surface area contributed by atoms with E-state index in [1.54, 1.807) is 0 Å². The first-order chi connectivity index (χ1) is 36.7.